The van der Waals surface area contributed by atoms with E-state index in [9.17, 15) is 0 Å². The molecule has 0 radical (unpaired) electrons. The predicted octanol–water partition coefficient (Wildman–Crippen LogP) is 3.60. The van der Waals surface area contributed by atoms with E-state index >= 15 is 0 Å². The van der Waals surface area contributed by atoms with Crippen molar-refractivity contribution >= 4 is 0 Å². The molecule has 0 amide bonds. The van der Waals surface area contributed by atoms with Crippen molar-refractivity contribution in [2.75, 3.05) is 26.7 Å². The van der Waals surface area contributed by atoms with Crippen LogP contribution in [0.5, 0.6) is 5.75 Å². The zero-order valence-electron chi connectivity index (χ0n) is 14.0. The number of ether oxygens (including phenoxy) is 1. The van der Waals surface area contributed by atoms with Crippen LogP contribution in [-0.4, -0.2) is 31.6 Å². The molecule has 3 heteroatoms. The zero-order valence-corrected chi connectivity index (χ0v) is 14.0. The monoisotopic (exact) mass is 290 g/mol. The third-order valence-electron chi connectivity index (χ3n) is 4.37. The fourth-order valence-corrected chi connectivity index (χ4v) is 2.83. The Hall–Kier alpha value is -1.06. The lowest BCUT2D eigenvalue weighted by Crippen LogP contribution is -2.25. The van der Waals surface area contributed by atoms with Crippen LogP contribution < -0.4 is 10.1 Å². The van der Waals surface area contributed by atoms with Crippen LogP contribution in [0, 0.1) is 5.92 Å². The molecule has 0 aromatic heterocycles. The van der Waals surface area contributed by atoms with Gasteiger partial charge in [-0.1, -0.05) is 19.9 Å². The van der Waals surface area contributed by atoms with Crippen molar-refractivity contribution in [2.45, 2.75) is 46.2 Å². The van der Waals surface area contributed by atoms with Gasteiger partial charge < -0.3 is 10.1 Å². The van der Waals surface area contributed by atoms with Gasteiger partial charge in [0.25, 0.3) is 0 Å². The molecule has 0 saturated heterocycles. The van der Waals surface area contributed by atoms with E-state index in [2.05, 4.69) is 49.2 Å². The van der Waals surface area contributed by atoms with Gasteiger partial charge in [0.15, 0.2) is 0 Å². The van der Waals surface area contributed by atoms with Gasteiger partial charge in [0, 0.05) is 24.7 Å². The third kappa shape index (κ3) is 4.72. The van der Waals surface area contributed by atoms with Crippen molar-refractivity contribution in [1.29, 1.82) is 0 Å². The Morgan fingerprint density at radius 2 is 2.10 bits per heavy atom. The molecule has 0 spiro atoms. The summed E-state index contributed by atoms with van der Waals surface area (Å²) < 4.78 is 5.56. The number of nitrogens with zero attached hydrogens (tertiary/aromatic N) is 1. The van der Waals surface area contributed by atoms with Crippen molar-refractivity contribution < 1.29 is 4.74 Å². The molecule has 0 aliphatic heterocycles. The minimum Gasteiger partial charge on any atom is -0.496 e. The lowest BCUT2D eigenvalue weighted by Gasteiger charge is -2.23. The fraction of sp³-hybridized carbons (Fsp3) is 0.667. The van der Waals surface area contributed by atoms with E-state index in [0.29, 0.717) is 6.04 Å². The minimum atomic E-state index is 0.387. The highest BCUT2D eigenvalue weighted by Gasteiger charge is 2.24. The Balaban J connectivity index is 2.11. The number of hydrogen-bond donors (Lipinski definition) is 1. The highest BCUT2D eigenvalue weighted by molar-refractivity contribution is 5.38. The van der Waals surface area contributed by atoms with E-state index < -0.39 is 0 Å². The van der Waals surface area contributed by atoms with E-state index in [0.717, 1.165) is 31.3 Å². The Labute approximate surface area is 129 Å². The second-order valence-corrected chi connectivity index (χ2v) is 6.12. The Bertz CT molecular complexity index is 443. The van der Waals surface area contributed by atoms with Gasteiger partial charge in [0.2, 0.25) is 0 Å². The van der Waals surface area contributed by atoms with Crippen LogP contribution in [0.25, 0.3) is 0 Å². The van der Waals surface area contributed by atoms with Crippen LogP contribution in [0.3, 0.4) is 0 Å². The molecule has 0 heterocycles. The minimum absolute atomic E-state index is 0.387. The maximum atomic E-state index is 5.56. The standard InChI is InChI=1S/C18H30N2O/c1-5-19-14(3)16-9-10-18(21-4)17(11-16)13-20(6-2)12-15-7-8-15/h9-11,14-15,19H,5-8,12-13H2,1-4H3. The second-order valence-electron chi connectivity index (χ2n) is 6.12. The molecule has 1 saturated carbocycles. The number of rotatable bonds is 9. The highest BCUT2D eigenvalue weighted by atomic mass is 16.5. The van der Waals surface area contributed by atoms with Gasteiger partial charge in [-0.25, -0.2) is 0 Å². The second kappa shape index (κ2) is 7.81. The lowest BCUT2D eigenvalue weighted by molar-refractivity contribution is 0.263. The highest BCUT2D eigenvalue weighted by Crippen LogP contribution is 2.31. The maximum absolute atomic E-state index is 5.56. The van der Waals surface area contributed by atoms with Crippen LogP contribution >= 0.6 is 0 Å². The normalized spacial score (nSPS) is 16.2. The number of nitrogens with one attached hydrogen (secondary N) is 1. The molecule has 3 nitrogen and oxygen atoms in total. The predicted molar refractivity (Wildman–Crippen MR) is 88.8 cm³/mol. The molecule has 2 rings (SSSR count). The van der Waals surface area contributed by atoms with Gasteiger partial charge in [-0.15, -0.1) is 0 Å². The summed E-state index contributed by atoms with van der Waals surface area (Å²) in [6, 6.07) is 6.98. The van der Waals surface area contributed by atoms with E-state index in [4.69, 9.17) is 4.74 Å². The van der Waals surface area contributed by atoms with Crippen molar-refractivity contribution in [3.63, 3.8) is 0 Å². The largest absolute Gasteiger partial charge is 0.496 e. The molecular weight excluding hydrogens is 260 g/mol. The number of methoxy groups -OCH3 is 1. The van der Waals surface area contributed by atoms with E-state index in [1.54, 1.807) is 7.11 Å². The molecule has 1 fully saturated rings. The first-order valence-electron chi connectivity index (χ1n) is 8.30. The molecule has 1 atom stereocenters. The maximum Gasteiger partial charge on any atom is 0.123 e. The van der Waals surface area contributed by atoms with Crippen LogP contribution in [0.4, 0.5) is 0 Å². The van der Waals surface area contributed by atoms with Crippen LogP contribution in [0.2, 0.25) is 0 Å². The smallest absolute Gasteiger partial charge is 0.123 e. The molecule has 1 aromatic rings. The molecule has 1 aliphatic rings. The third-order valence-corrected chi connectivity index (χ3v) is 4.37. The molecule has 21 heavy (non-hydrogen) atoms. The average molecular weight is 290 g/mol. The molecule has 1 aromatic carbocycles. The Morgan fingerprint density at radius 3 is 2.67 bits per heavy atom. The SMILES string of the molecule is CCNC(C)c1ccc(OC)c(CN(CC)CC2CC2)c1. The summed E-state index contributed by atoms with van der Waals surface area (Å²) in [5.74, 6) is 1.94. The van der Waals surface area contributed by atoms with Gasteiger partial charge in [-0.2, -0.15) is 0 Å². The number of benzene rings is 1. The molecule has 118 valence electrons. The van der Waals surface area contributed by atoms with E-state index in [-0.39, 0.29) is 0 Å². The van der Waals surface area contributed by atoms with E-state index in [1.165, 1.54) is 30.5 Å². The van der Waals surface area contributed by atoms with Crippen LogP contribution in [0.1, 0.15) is 50.8 Å². The summed E-state index contributed by atoms with van der Waals surface area (Å²) in [6.07, 6.45) is 2.82. The quantitative estimate of drug-likeness (QED) is 0.752. The molecular formula is C18H30N2O. The van der Waals surface area contributed by atoms with Gasteiger partial charge in [-0.05, 0) is 56.5 Å². The molecule has 1 unspecified atom stereocenters. The summed E-state index contributed by atoms with van der Waals surface area (Å²) >= 11 is 0. The lowest BCUT2D eigenvalue weighted by atomic mass is 10.0. The summed E-state index contributed by atoms with van der Waals surface area (Å²) in [4.78, 5) is 2.54. The topological polar surface area (TPSA) is 24.5 Å². The number of hydrogen-bond acceptors (Lipinski definition) is 3. The first kappa shape index (κ1) is 16.3. The molecule has 1 N–H and O–H groups in total. The molecule has 1 aliphatic carbocycles. The fourth-order valence-electron chi connectivity index (χ4n) is 2.83. The average Bonchev–Trinajstić information content (AvgIpc) is 3.30. The Morgan fingerprint density at radius 1 is 1.33 bits per heavy atom. The van der Waals surface area contributed by atoms with Crippen LogP contribution in [0.15, 0.2) is 18.2 Å². The first-order valence-corrected chi connectivity index (χ1v) is 8.30. The van der Waals surface area contributed by atoms with Gasteiger partial charge in [0.1, 0.15) is 5.75 Å². The van der Waals surface area contributed by atoms with Crippen molar-refractivity contribution in [3.8, 4) is 5.75 Å². The summed E-state index contributed by atoms with van der Waals surface area (Å²) in [5, 5.41) is 3.48. The molecule has 0 bridgehead atoms. The van der Waals surface area contributed by atoms with Gasteiger partial charge in [-0.3, -0.25) is 4.90 Å². The van der Waals surface area contributed by atoms with Gasteiger partial charge in [0.05, 0.1) is 7.11 Å². The zero-order chi connectivity index (χ0) is 15.2. The van der Waals surface area contributed by atoms with E-state index in [1.807, 2.05) is 0 Å². The Kier molecular flexibility index (Phi) is 6.07. The van der Waals surface area contributed by atoms with Crippen LogP contribution in [-0.2, 0) is 6.54 Å². The van der Waals surface area contributed by atoms with Crippen molar-refractivity contribution in [3.05, 3.63) is 29.3 Å². The van der Waals surface area contributed by atoms with Gasteiger partial charge >= 0.3 is 0 Å². The van der Waals surface area contributed by atoms with Crippen molar-refractivity contribution in [2.24, 2.45) is 5.92 Å². The first-order chi connectivity index (χ1) is 10.2. The summed E-state index contributed by atoms with van der Waals surface area (Å²) in [6.45, 7) is 10.9. The summed E-state index contributed by atoms with van der Waals surface area (Å²) in [5.41, 5.74) is 2.65. The summed E-state index contributed by atoms with van der Waals surface area (Å²) in [7, 11) is 1.77. The van der Waals surface area contributed by atoms with Crippen molar-refractivity contribution in [1.82, 2.24) is 10.2 Å².